The van der Waals surface area contributed by atoms with E-state index in [-0.39, 0.29) is 81.4 Å². The van der Waals surface area contributed by atoms with Crippen LogP contribution < -0.4 is 15.9 Å². The monoisotopic (exact) mass is 865 g/mol. The van der Waals surface area contributed by atoms with Gasteiger partial charge in [0.1, 0.15) is 0 Å². The van der Waals surface area contributed by atoms with Gasteiger partial charge in [-0.1, -0.05) is 48.6 Å². The normalized spacial score (nSPS) is 16.3. The van der Waals surface area contributed by atoms with E-state index < -0.39 is 17.3 Å². The Bertz CT molecular complexity index is 4690. The molecule has 0 spiro atoms. The summed E-state index contributed by atoms with van der Waals surface area (Å²) < 4.78 is 0. The van der Waals surface area contributed by atoms with Crippen LogP contribution in [-0.2, 0) is 11.2 Å². The van der Waals surface area contributed by atoms with Crippen molar-refractivity contribution in [3.05, 3.63) is 172 Å². The largest absolute Gasteiger partial charge is 0.294 e. The highest BCUT2D eigenvalue weighted by atomic mass is 16.2. The SMILES string of the molecule is O=C1C=c2cc3ccc4c5c(=O)cc6cc7c(cc6c-5nc4c3cc2C(=O)C1)c1nc2c(c1c1c3c(nc71)=c1cc4c(cc1C(=O)C3)=CC=CC4=O)C(=O)CC1=C2C(=O)c2ccccc2C1=O. The Morgan fingerprint density at radius 3 is 2.12 bits per heavy atom. The summed E-state index contributed by atoms with van der Waals surface area (Å²) >= 11 is 0. The molecule has 0 N–H and O–H groups in total. The lowest BCUT2D eigenvalue weighted by atomic mass is 9.76. The zero-order valence-corrected chi connectivity index (χ0v) is 34.5. The number of carbonyl (C=O) groups excluding carboxylic acids is 7. The van der Waals surface area contributed by atoms with Gasteiger partial charge in [-0.15, -0.1) is 0 Å². The van der Waals surface area contributed by atoms with Gasteiger partial charge in [-0.3, -0.25) is 38.4 Å². The van der Waals surface area contributed by atoms with E-state index in [1.54, 1.807) is 66.7 Å². The molecule has 0 fully saturated rings. The van der Waals surface area contributed by atoms with Crippen molar-refractivity contribution in [1.29, 1.82) is 0 Å². The Labute approximate surface area is 373 Å². The number of aromatic nitrogens is 3. The molecular formula is C56H23N3O8. The first-order chi connectivity index (χ1) is 32.5. The highest BCUT2D eigenvalue weighted by Gasteiger charge is 2.42. The van der Waals surface area contributed by atoms with Crippen LogP contribution in [0.2, 0.25) is 0 Å². The van der Waals surface area contributed by atoms with Crippen LogP contribution >= 0.6 is 0 Å². The number of Topliss-reactive ketones (excluding diaryl/α,β-unsaturated/α-hetero) is 6. The van der Waals surface area contributed by atoms with Crippen LogP contribution in [0.5, 0.6) is 0 Å². The highest BCUT2D eigenvalue weighted by molar-refractivity contribution is 6.45. The molecule has 0 radical (unpaired) electrons. The zero-order chi connectivity index (χ0) is 45.0. The quantitative estimate of drug-likeness (QED) is 0.113. The van der Waals surface area contributed by atoms with Gasteiger partial charge in [0.2, 0.25) is 0 Å². The number of fused-ring (bicyclic) bond motifs is 22. The lowest BCUT2D eigenvalue weighted by Gasteiger charge is -2.23. The van der Waals surface area contributed by atoms with Crippen molar-refractivity contribution >= 4 is 123 Å². The van der Waals surface area contributed by atoms with E-state index in [0.717, 1.165) is 5.39 Å². The lowest BCUT2D eigenvalue weighted by Crippen LogP contribution is -2.27. The second kappa shape index (κ2) is 12.0. The summed E-state index contributed by atoms with van der Waals surface area (Å²) in [6, 6.07) is 22.4. The second-order valence-corrected chi connectivity index (χ2v) is 18.0. The summed E-state index contributed by atoms with van der Waals surface area (Å²) in [6.07, 6.45) is 5.75. The molecule has 0 saturated heterocycles. The summed E-state index contributed by atoms with van der Waals surface area (Å²) in [7, 11) is 0. The summed E-state index contributed by atoms with van der Waals surface area (Å²) in [6.45, 7) is 0. The maximum atomic E-state index is 14.7. The van der Waals surface area contributed by atoms with Crippen LogP contribution in [-0.4, -0.2) is 55.4 Å². The van der Waals surface area contributed by atoms with Crippen LogP contribution in [0.3, 0.4) is 0 Å². The van der Waals surface area contributed by atoms with E-state index in [1.165, 1.54) is 12.2 Å². The van der Waals surface area contributed by atoms with Gasteiger partial charge in [-0.2, -0.15) is 0 Å². The van der Waals surface area contributed by atoms with E-state index in [0.29, 0.717) is 114 Å². The molecule has 0 saturated carbocycles. The summed E-state index contributed by atoms with van der Waals surface area (Å²) in [5.41, 5.74) is 4.42. The molecule has 2 aromatic heterocycles. The third-order valence-corrected chi connectivity index (χ3v) is 14.5. The molecule has 3 heterocycles. The predicted octanol–water partition coefficient (Wildman–Crippen LogP) is 7.05. The Morgan fingerprint density at radius 1 is 0.493 bits per heavy atom. The third kappa shape index (κ3) is 4.43. The van der Waals surface area contributed by atoms with Crippen LogP contribution in [0.1, 0.15) is 86.2 Å². The van der Waals surface area contributed by atoms with Crippen LogP contribution in [0.15, 0.2) is 101 Å². The minimum absolute atomic E-state index is 0.0673. The molecule has 11 nitrogen and oxygen atoms in total. The number of ketones is 7. The molecule has 8 aromatic rings. The molecule has 11 heteroatoms. The zero-order valence-electron chi connectivity index (χ0n) is 34.5. The number of hydrogen-bond donors (Lipinski definition) is 0. The molecule has 0 bridgehead atoms. The van der Waals surface area contributed by atoms with E-state index in [1.807, 2.05) is 24.3 Å². The minimum Gasteiger partial charge on any atom is -0.294 e. The summed E-state index contributed by atoms with van der Waals surface area (Å²) in [5.74, 6) is -2.20. The Kier molecular flexibility index (Phi) is 6.48. The number of carbonyl (C=O) groups is 7. The standard InChI is InChI=1S/C56H23N3O8/c60-25-11-23-10-22-8-9-28-44-42(64)14-24-13-34-36(18-32(24)51(44)57-49(28)31(22)16-30(23)40(62)15-25)53-48(47-43(65)20-38-46(54(47)59-53)56(67)27-6-2-1-5-26(27)55(38)66)45-37-19-41(63)33-12-21-4-3-7-39(61)29(21)17-35(33)50(37)58-52(34)45/h1-14,16-18H,15,19-20H2. The Morgan fingerprint density at radius 2 is 1.27 bits per heavy atom. The average Bonchev–Trinajstić information content (AvgIpc) is 4.03. The van der Waals surface area contributed by atoms with Gasteiger partial charge in [-0.25, -0.2) is 15.0 Å². The molecule has 67 heavy (non-hydrogen) atoms. The maximum Gasteiger partial charge on any atom is 0.196 e. The van der Waals surface area contributed by atoms with Crippen molar-refractivity contribution < 1.29 is 33.6 Å². The van der Waals surface area contributed by atoms with Crippen molar-refractivity contribution in [2.45, 2.75) is 19.3 Å². The van der Waals surface area contributed by atoms with Crippen molar-refractivity contribution in [3.63, 3.8) is 0 Å². The van der Waals surface area contributed by atoms with Gasteiger partial charge in [0, 0.05) is 89.2 Å². The fourth-order valence-electron chi connectivity index (χ4n) is 11.6. The molecule has 0 unspecified atom stereocenters. The molecule has 6 aliphatic carbocycles. The number of rotatable bonds is 0. The fourth-order valence-corrected chi connectivity index (χ4v) is 11.6. The lowest BCUT2D eigenvalue weighted by molar-refractivity contribution is -0.112. The Balaban J connectivity index is 1.10. The predicted molar refractivity (Wildman–Crippen MR) is 249 cm³/mol. The van der Waals surface area contributed by atoms with Crippen molar-refractivity contribution in [3.8, 4) is 11.3 Å². The minimum atomic E-state index is -0.420. The highest BCUT2D eigenvalue weighted by Crippen LogP contribution is 2.48. The number of nitrogens with zero attached hydrogens (tertiary/aromatic N) is 3. The van der Waals surface area contributed by atoms with Crippen molar-refractivity contribution in [1.82, 2.24) is 15.0 Å². The van der Waals surface area contributed by atoms with Gasteiger partial charge in [0.15, 0.2) is 45.9 Å². The first kappa shape index (κ1) is 36.3. The topological polar surface area (TPSA) is 175 Å². The molecule has 310 valence electrons. The molecule has 0 amide bonds. The fraction of sp³-hybridized carbons (Fsp3) is 0.0536. The molecule has 15 rings (SSSR count). The molecule has 7 aliphatic rings. The van der Waals surface area contributed by atoms with Gasteiger partial charge in [-0.05, 0) is 81.4 Å². The van der Waals surface area contributed by atoms with E-state index in [2.05, 4.69) is 0 Å². The van der Waals surface area contributed by atoms with Gasteiger partial charge in [0.05, 0.1) is 56.4 Å². The Hall–Kier alpha value is -9.09. The van der Waals surface area contributed by atoms with Crippen molar-refractivity contribution in [2.75, 3.05) is 0 Å². The first-order valence-corrected chi connectivity index (χ1v) is 21.7. The van der Waals surface area contributed by atoms with E-state index in [9.17, 15) is 38.4 Å². The van der Waals surface area contributed by atoms with Gasteiger partial charge in [0.25, 0.3) is 0 Å². The van der Waals surface area contributed by atoms with E-state index >= 15 is 0 Å². The molecule has 1 aliphatic heterocycles. The van der Waals surface area contributed by atoms with Crippen LogP contribution in [0.4, 0.5) is 0 Å². The number of hydrogen-bond acceptors (Lipinski definition) is 11. The summed E-state index contributed by atoms with van der Waals surface area (Å²) in [4.78, 5) is 126. The van der Waals surface area contributed by atoms with Crippen LogP contribution in [0.25, 0.3) is 94.0 Å². The average molecular weight is 866 g/mol. The molecular weight excluding hydrogens is 843 g/mol. The van der Waals surface area contributed by atoms with E-state index in [4.69, 9.17) is 15.0 Å². The van der Waals surface area contributed by atoms with Gasteiger partial charge < -0.3 is 0 Å². The summed E-state index contributed by atoms with van der Waals surface area (Å²) in [5, 5.41) is 7.23. The molecule has 0 atom stereocenters. The number of allylic oxidation sites excluding steroid dienone is 4. The van der Waals surface area contributed by atoms with Crippen LogP contribution in [0, 0.1) is 10.6 Å². The smallest absolute Gasteiger partial charge is 0.196 e. The third-order valence-electron chi connectivity index (χ3n) is 14.5. The molecule has 6 aromatic carbocycles. The van der Waals surface area contributed by atoms with Crippen molar-refractivity contribution in [2.24, 2.45) is 0 Å². The first-order valence-electron chi connectivity index (χ1n) is 21.7. The second-order valence-electron chi connectivity index (χ2n) is 18.0. The number of benzene rings is 7. The van der Waals surface area contributed by atoms with Gasteiger partial charge >= 0.3 is 0 Å². The maximum absolute atomic E-state index is 14.7.